The number of amides is 2. The molecule has 1 aliphatic carbocycles. The molecule has 1 aromatic carbocycles. The molecule has 0 atom stereocenters. The highest BCUT2D eigenvalue weighted by atomic mass is 16.3. The number of aromatic hydroxyl groups is 1. The molecule has 9 nitrogen and oxygen atoms in total. The zero-order chi connectivity index (χ0) is 24.8. The van der Waals surface area contributed by atoms with E-state index in [2.05, 4.69) is 4.98 Å². The number of phenols is 1. The normalized spacial score (nSPS) is 15.9. The summed E-state index contributed by atoms with van der Waals surface area (Å²) in [5.41, 5.74) is 3.16. The van der Waals surface area contributed by atoms with Gasteiger partial charge in [0.2, 0.25) is 0 Å². The van der Waals surface area contributed by atoms with Gasteiger partial charge in [0, 0.05) is 44.0 Å². The van der Waals surface area contributed by atoms with Gasteiger partial charge in [0.15, 0.2) is 11.5 Å². The second-order valence-electron chi connectivity index (χ2n) is 9.35. The summed E-state index contributed by atoms with van der Waals surface area (Å²) in [7, 11) is 0. The molecule has 0 unspecified atom stereocenters. The molecule has 6 rings (SSSR count). The molecule has 2 amide bonds. The second kappa shape index (κ2) is 8.75. The average molecular weight is 483 g/mol. The first-order valence-corrected chi connectivity index (χ1v) is 12.2. The van der Waals surface area contributed by atoms with Crippen LogP contribution in [0.2, 0.25) is 0 Å². The second-order valence-corrected chi connectivity index (χ2v) is 9.35. The number of phenolic OH excluding ortho intramolecular Hbond substituents is 1. The summed E-state index contributed by atoms with van der Waals surface area (Å²) >= 11 is 0. The van der Waals surface area contributed by atoms with Crippen LogP contribution < -0.4 is 0 Å². The lowest BCUT2D eigenvalue weighted by molar-refractivity contribution is 0.0534. The van der Waals surface area contributed by atoms with Gasteiger partial charge in [0.05, 0.1) is 22.2 Å². The zero-order valence-corrected chi connectivity index (χ0v) is 20.0. The first kappa shape index (κ1) is 22.2. The highest BCUT2D eigenvalue weighted by Crippen LogP contribution is 2.41. The third-order valence-corrected chi connectivity index (χ3v) is 6.91. The van der Waals surface area contributed by atoms with Crippen LogP contribution in [0.1, 0.15) is 50.9 Å². The zero-order valence-electron chi connectivity index (χ0n) is 20.0. The number of hydrogen-bond donors (Lipinski definition) is 1. The third-order valence-electron chi connectivity index (χ3n) is 6.91. The number of para-hydroxylation sites is 1. The summed E-state index contributed by atoms with van der Waals surface area (Å²) in [6, 6.07) is 14.1. The number of hydrogen-bond acceptors (Lipinski definition) is 6. The lowest BCUT2D eigenvalue weighted by atomic mass is 10.1. The standard InChI is InChI=1S/C27H26N6O3/c1-17-24-20(16-21(18-9-10-18)29-25(24)33(30-17)23-8-4-5-11-28-23)27(36)32-14-12-31(13-15-32)26(35)19-6-2-3-7-22(19)34/h2-8,11,16,18,34H,9-10,12-15H2,1H3. The Morgan fingerprint density at radius 3 is 2.22 bits per heavy atom. The molecule has 9 heteroatoms. The highest BCUT2D eigenvalue weighted by Gasteiger charge is 2.32. The maximum Gasteiger partial charge on any atom is 0.257 e. The van der Waals surface area contributed by atoms with Crippen molar-refractivity contribution in [3.8, 4) is 11.6 Å². The van der Waals surface area contributed by atoms with Crippen LogP contribution in [0.4, 0.5) is 0 Å². The van der Waals surface area contributed by atoms with E-state index in [-0.39, 0.29) is 23.1 Å². The SMILES string of the molecule is Cc1nn(-c2ccccn2)c2nc(C3CC3)cc(C(=O)N3CCN(C(=O)c4ccccc4O)CC3)c12. The number of carbonyl (C=O) groups excluding carboxylic acids is 2. The molecule has 0 radical (unpaired) electrons. The van der Waals surface area contributed by atoms with Crippen LogP contribution in [0.15, 0.2) is 54.7 Å². The average Bonchev–Trinajstić information content (AvgIpc) is 3.72. The minimum Gasteiger partial charge on any atom is -0.507 e. The fourth-order valence-corrected chi connectivity index (χ4v) is 4.81. The van der Waals surface area contributed by atoms with Crippen molar-refractivity contribution >= 4 is 22.8 Å². The van der Waals surface area contributed by atoms with Gasteiger partial charge in [0.1, 0.15) is 5.75 Å². The summed E-state index contributed by atoms with van der Waals surface area (Å²) in [6.45, 7) is 3.51. The Labute approximate surface area is 208 Å². The number of carbonyl (C=O) groups is 2. The van der Waals surface area contributed by atoms with Gasteiger partial charge < -0.3 is 14.9 Å². The van der Waals surface area contributed by atoms with Crippen LogP contribution in [0.3, 0.4) is 0 Å². The summed E-state index contributed by atoms with van der Waals surface area (Å²) in [5.74, 6) is 0.679. The van der Waals surface area contributed by atoms with E-state index in [0.29, 0.717) is 49.1 Å². The molecule has 2 fully saturated rings. The van der Waals surface area contributed by atoms with Gasteiger partial charge in [0.25, 0.3) is 11.8 Å². The summed E-state index contributed by atoms with van der Waals surface area (Å²) in [4.78, 5) is 39.5. The Morgan fingerprint density at radius 1 is 0.917 bits per heavy atom. The fourth-order valence-electron chi connectivity index (χ4n) is 4.81. The molecule has 3 aromatic heterocycles. The van der Waals surface area contributed by atoms with Gasteiger partial charge in [-0.2, -0.15) is 9.78 Å². The molecule has 4 heterocycles. The Balaban J connectivity index is 1.30. The fraction of sp³-hybridized carbons (Fsp3) is 0.296. The van der Waals surface area contributed by atoms with Gasteiger partial charge >= 0.3 is 0 Å². The summed E-state index contributed by atoms with van der Waals surface area (Å²) in [5, 5.41) is 15.5. The van der Waals surface area contributed by atoms with Crippen molar-refractivity contribution in [1.29, 1.82) is 0 Å². The van der Waals surface area contributed by atoms with Crippen LogP contribution in [0, 0.1) is 6.92 Å². The van der Waals surface area contributed by atoms with Gasteiger partial charge in [-0.1, -0.05) is 18.2 Å². The highest BCUT2D eigenvalue weighted by molar-refractivity contribution is 6.07. The van der Waals surface area contributed by atoms with Crippen LogP contribution in [0.25, 0.3) is 16.9 Å². The molecule has 1 N–H and O–H groups in total. The van der Waals surface area contributed by atoms with Crippen molar-refractivity contribution in [1.82, 2.24) is 29.5 Å². The van der Waals surface area contributed by atoms with E-state index in [1.807, 2.05) is 31.2 Å². The number of pyridine rings is 2. The van der Waals surface area contributed by atoms with Crippen LogP contribution >= 0.6 is 0 Å². The molecule has 36 heavy (non-hydrogen) atoms. The van der Waals surface area contributed by atoms with E-state index >= 15 is 0 Å². The maximum atomic E-state index is 13.8. The Kier molecular flexibility index (Phi) is 5.40. The van der Waals surface area contributed by atoms with Crippen molar-refractivity contribution in [2.45, 2.75) is 25.7 Å². The van der Waals surface area contributed by atoms with Crippen LogP contribution in [-0.4, -0.2) is 72.6 Å². The molecular formula is C27H26N6O3. The summed E-state index contributed by atoms with van der Waals surface area (Å²) in [6.07, 6.45) is 3.84. The number of rotatable bonds is 4. The van der Waals surface area contributed by atoms with Crippen molar-refractivity contribution in [3.63, 3.8) is 0 Å². The van der Waals surface area contributed by atoms with E-state index in [0.717, 1.165) is 29.6 Å². The molecule has 1 saturated carbocycles. The molecule has 2 aliphatic rings. The van der Waals surface area contributed by atoms with Crippen molar-refractivity contribution < 1.29 is 14.7 Å². The monoisotopic (exact) mass is 482 g/mol. The van der Waals surface area contributed by atoms with Gasteiger partial charge in [-0.15, -0.1) is 0 Å². The maximum absolute atomic E-state index is 13.8. The largest absolute Gasteiger partial charge is 0.507 e. The Bertz CT molecular complexity index is 1470. The van der Waals surface area contributed by atoms with Crippen molar-refractivity contribution in [2.24, 2.45) is 0 Å². The van der Waals surface area contributed by atoms with Gasteiger partial charge in [-0.05, 0) is 50.1 Å². The smallest absolute Gasteiger partial charge is 0.257 e. The molecule has 0 bridgehead atoms. The lowest BCUT2D eigenvalue weighted by Crippen LogP contribution is -2.50. The van der Waals surface area contributed by atoms with Crippen molar-refractivity contribution in [2.75, 3.05) is 26.2 Å². The minimum absolute atomic E-state index is 0.0341. The molecule has 182 valence electrons. The molecule has 0 spiro atoms. The van der Waals surface area contributed by atoms with E-state index in [9.17, 15) is 14.7 Å². The number of fused-ring (bicyclic) bond motifs is 1. The third kappa shape index (κ3) is 3.86. The number of nitrogens with zero attached hydrogens (tertiary/aromatic N) is 6. The Morgan fingerprint density at radius 2 is 1.58 bits per heavy atom. The topological polar surface area (TPSA) is 104 Å². The van der Waals surface area contributed by atoms with Gasteiger partial charge in [-0.3, -0.25) is 9.59 Å². The van der Waals surface area contributed by atoms with E-state index in [1.165, 1.54) is 6.07 Å². The molecular weight excluding hydrogens is 456 g/mol. The predicted molar refractivity (Wildman–Crippen MR) is 133 cm³/mol. The minimum atomic E-state index is -0.227. The van der Waals surface area contributed by atoms with Gasteiger partial charge in [-0.25, -0.2) is 9.97 Å². The number of aryl methyl sites for hydroxylation is 1. The molecule has 1 saturated heterocycles. The van der Waals surface area contributed by atoms with Crippen LogP contribution in [0.5, 0.6) is 5.75 Å². The molecule has 4 aromatic rings. The first-order chi connectivity index (χ1) is 17.5. The molecule has 1 aliphatic heterocycles. The number of aromatic nitrogens is 4. The van der Waals surface area contributed by atoms with Crippen molar-refractivity contribution in [3.05, 3.63) is 77.2 Å². The first-order valence-electron chi connectivity index (χ1n) is 12.2. The number of benzene rings is 1. The van der Waals surface area contributed by atoms with Crippen LogP contribution in [-0.2, 0) is 0 Å². The number of piperazine rings is 1. The van der Waals surface area contributed by atoms with E-state index in [4.69, 9.17) is 10.1 Å². The lowest BCUT2D eigenvalue weighted by Gasteiger charge is -2.35. The quantitative estimate of drug-likeness (QED) is 0.479. The van der Waals surface area contributed by atoms with E-state index in [1.54, 1.807) is 38.9 Å². The summed E-state index contributed by atoms with van der Waals surface area (Å²) < 4.78 is 1.72. The predicted octanol–water partition coefficient (Wildman–Crippen LogP) is 3.31. The Hall–Kier alpha value is -4.27. The van der Waals surface area contributed by atoms with E-state index < -0.39 is 0 Å².